The largest absolute Gasteiger partial charge is 0.490 e. The van der Waals surface area contributed by atoms with Gasteiger partial charge < -0.3 is 4.74 Å². The Morgan fingerprint density at radius 2 is 1.65 bits per heavy atom. The number of piperidine rings is 1. The number of sulfonamides is 1. The highest BCUT2D eigenvalue weighted by Gasteiger charge is 2.27. The smallest absolute Gasteiger partial charge is 0.211 e. The second-order valence-corrected chi connectivity index (χ2v) is 11.0. The van der Waals surface area contributed by atoms with E-state index in [9.17, 15) is 16.8 Å². The predicted molar refractivity (Wildman–Crippen MR) is 100 cm³/mol. The Labute approximate surface area is 155 Å². The van der Waals surface area contributed by atoms with Crippen molar-refractivity contribution in [2.45, 2.75) is 48.4 Å². The number of nitrogens with zero attached hydrogens (tertiary/aromatic N) is 1. The van der Waals surface area contributed by atoms with Crippen molar-refractivity contribution < 1.29 is 21.6 Å². The van der Waals surface area contributed by atoms with Crippen molar-refractivity contribution in [3.63, 3.8) is 0 Å². The molecule has 1 aromatic rings. The molecule has 8 heteroatoms. The van der Waals surface area contributed by atoms with Gasteiger partial charge in [-0.25, -0.2) is 21.1 Å². The lowest BCUT2D eigenvalue weighted by molar-refractivity contribution is 0.135. The van der Waals surface area contributed by atoms with E-state index in [1.54, 1.807) is 30.3 Å². The van der Waals surface area contributed by atoms with Crippen LogP contribution in [0.5, 0.6) is 5.75 Å². The molecule has 144 valence electrons. The zero-order chi connectivity index (χ0) is 18.8. The molecule has 0 N–H and O–H groups in total. The quantitative estimate of drug-likeness (QED) is 0.710. The molecule has 0 spiro atoms. The lowest BCUT2D eigenvalue weighted by Crippen LogP contribution is -2.41. The van der Waals surface area contributed by atoms with Crippen molar-refractivity contribution in [1.82, 2.24) is 4.31 Å². The van der Waals surface area contributed by atoms with E-state index in [-0.39, 0.29) is 6.10 Å². The molecule has 26 heavy (non-hydrogen) atoms. The van der Waals surface area contributed by atoms with Crippen molar-refractivity contribution in [1.29, 1.82) is 0 Å². The normalized spacial score (nSPS) is 23.0. The molecule has 0 saturated carbocycles. The molecule has 1 atom stereocenters. The van der Waals surface area contributed by atoms with Gasteiger partial charge in [-0.15, -0.1) is 0 Å². The van der Waals surface area contributed by atoms with Gasteiger partial charge in [-0.3, -0.25) is 0 Å². The lowest BCUT2D eigenvalue weighted by atomic mass is 10.1. The molecule has 0 aromatic heterocycles. The SMILES string of the molecule is CS(=O)(=O)N1CCC(Oc2ccc(S(=O)(=O)C3C=CCCC3)cc2)CC1. The third-order valence-corrected chi connectivity index (χ3v) is 8.36. The standard InChI is InChI=1S/C18H25NO5S2/c1-25(20,21)19-13-11-16(12-14-19)24-15-7-9-18(10-8-15)26(22,23)17-5-3-2-4-6-17/h3,5,7-10,16-17H,2,4,6,11-14H2,1H3. The van der Waals surface area contributed by atoms with E-state index in [2.05, 4.69) is 0 Å². The summed E-state index contributed by atoms with van der Waals surface area (Å²) in [7, 11) is -6.50. The molecule has 0 amide bonds. The van der Waals surface area contributed by atoms with E-state index < -0.39 is 25.1 Å². The molecule has 0 bridgehead atoms. The van der Waals surface area contributed by atoms with Crippen LogP contribution in [0.2, 0.25) is 0 Å². The van der Waals surface area contributed by atoms with Crippen molar-refractivity contribution in [3.05, 3.63) is 36.4 Å². The van der Waals surface area contributed by atoms with Crippen LogP contribution in [-0.2, 0) is 19.9 Å². The zero-order valence-electron chi connectivity index (χ0n) is 14.9. The summed E-state index contributed by atoms with van der Waals surface area (Å²) in [5, 5.41) is -0.441. The minimum Gasteiger partial charge on any atom is -0.490 e. The molecule has 1 heterocycles. The summed E-state index contributed by atoms with van der Waals surface area (Å²) in [6.45, 7) is 0.897. The Kier molecular flexibility index (Phi) is 5.74. The van der Waals surface area contributed by atoms with Crippen LogP contribution in [-0.4, -0.2) is 51.8 Å². The average molecular weight is 400 g/mol. The van der Waals surface area contributed by atoms with E-state index >= 15 is 0 Å². The molecule has 0 radical (unpaired) electrons. The third-order valence-electron chi connectivity index (χ3n) is 4.93. The van der Waals surface area contributed by atoms with Crippen molar-refractivity contribution >= 4 is 19.9 Å². The van der Waals surface area contributed by atoms with Gasteiger partial charge in [-0.2, -0.15) is 0 Å². The monoisotopic (exact) mass is 399 g/mol. The fourth-order valence-corrected chi connectivity index (χ4v) is 5.93. The Hall–Kier alpha value is -1.38. The summed E-state index contributed by atoms with van der Waals surface area (Å²) in [6, 6.07) is 6.56. The number of hydrogen-bond donors (Lipinski definition) is 0. The molecule has 1 saturated heterocycles. The van der Waals surface area contributed by atoms with E-state index in [4.69, 9.17) is 4.74 Å². The van der Waals surface area contributed by atoms with Crippen LogP contribution in [0.15, 0.2) is 41.3 Å². The number of benzene rings is 1. The number of allylic oxidation sites excluding steroid dienone is 1. The number of sulfone groups is 1. The van der Waals surface area contributed by atoms with Gasteiger partial charge in [-0.1, -0.05) is 12.2 Å². The van der Waals surface area contributed by atoms with E-state index in [1.165, 1.54) is 10.6 Å². The summed E-state index contributed by atoms with van der Waals surface area (Å²) in [5.74, 6) is 0.612. The Balaban J connectivity index is 1.62. The van der Waals surface area contributed by atoms with Gasteiger partial charge >= 0.3 is 0 Å². The molecule has 1 aliphatic carbocycles. The molecular weight excluding hydrogens is 374 g/mol. The maximum atomic E-state index is 12.7. The maximum absolute atomic E-state index is 12.7. The van der Waals surface area contributed by atoms with Gasteiger partial charge in [0, 0.05) is 13.1 Å². The van der Waals surface area contributed by atoms with Gasteiger partial charge in [0.25, 0.3) is 0 Å². The minimum absolute atomic E-state index is 0.0586. The highest BCUT2D eigenvalue weighted by Crippen LogP contribution is 2.27. The average Bonchev–Trinajstić information content (AvgIpc) is 2.63. The summed E-state index contributed by atoms with van der Waals surface area (Å²) >= 11 is 0. The zero-order valence-corrected chi connectivity index (χ0v) is 16.5. The van der Waals surface area contributed by atoms with Crippen molar-refractivity contribution in [3.8, 4) is 5.75 Å². The summed E-state index contributed by atoms with van der Waals surface area (Å²) in [5.41, 5.74) is 0. The summed E-state index contributed by atoms with van der Waals surface area (Å²) in [4.78, 5) is 0.313. The van der Waals surface area contributed by atoms with Crippen LogP contribution in [0, 0.1) is 0 Å². The topological polar surface area (TPSA) is 80.8 Å². The molecule has 1 unspecified atom stereocenters. The number of hydrogen-bond acceptors (Lipinski definition) is 5. The van der Waals surface area contributed by atoms with Gasteiger partial charge in [0.2, 0.25) is 10.0 Å². The van der Waals surface area contributed by atoms with Crippen molar-refractivity contribution in [2.75, 3.05) is 19.3 Å². The second-order valence-electron chi connectivity index (χ2n) is 6.89. The molecule has 1 aliphatic heterocycles. The second kappa shape index (κ2) is 7.70. The molecular formula is C18H25NO5S2. The Morgan fingerprint density at radius 3 is 2.19 bits per heavy atom. The number of ether oxygens (including phenoxy) is 1. The summed E-state index contributed by atoms with van der Waals surface area (Å²) in [6.07, 6.45) is 8.64. The Morgan fingerprint density at radius 1 is 1.00 bits per heavy atom. The third kappa shape index (κ3) is 4.47. The molecule has 1 fully saturated rings. The van der Waals surface area contributed by atoms with Crippen LogP contribution in [0.25, 0.3) is 0 Å². The lowest BCUT2D eigenvalue weighted by Gasteiger charge is -2.30. The van der Waals surface area contributed by atoms with Gasteiger partial charge in [0.1, 0.15) is 11.9 Å². The first-order chi connectivity index (χ1) is 12.3. The fraction of sp³-hybridized carbons (Fsp3) is 0.556. The van der Waals surface area contributed by atoms with Crippen LogP contribution < -0.4 is 4.74 Å². The van der Waals surface area contributed by atoms with Crippen LogP contribution in [0.3, 0.4) is 0 Å². The maximum Gasteiger partial charge on any atom is 0.211 e. The van der Waals surface area contributed by atoms with Gasteiger partial charge in [0.05, 0.1) is 16.4 Å². The first-order valence-electron chi connectivity index (χ1n) is 8.89. The molecule has 3 rings (SSSR count). The summed E-state index contributed by atoms with van der Waals surface area (Å²) < 4.78 is 55.8. The molecule has 2 aliphatic rings. The Bertz CT molecular complexity index is 851. The van der Waals surface area contributed by atoms with Crippen molar-refractivity contribution in [2.24, 2.45) is 0 Å². The molecule has 6 nitrogen and oxygen atoms in total. The fourth-order valence-electron chi connectivity index (χ4n) is 3.40. The van der Waals surface area contributed by atoms with E-state index in [1.807, 2.05) is 6.08 Å². The van der Waals surface area contributed by atoms with Crippen LogP contribution >= 0.6 is 0 Å². The highest BCUT2D eigenvalue weighted by molar-refractivity contribution is 7.92. The highest BCUT2D eigenvalue weighted by atomic mass is 32.2. The first-order valence-corrected chi connectivity index (χ1v) is 12.3. The molecule has 1 aromatic carbocycles. The van der Waals surface area contributed by atoms with E-state index in [0.717, 1.165) is 12.8 Å². The first kappa shape index (κ1) is 19.4. The van der Waals surface area contributed by atoms with Gasteiger partial charge in [-0.05, 0) is 56.4 Å². The number of rotatable bonds is 5. The van der Waals surface area contributed by atoms with Crippen LogP contribution in [0.4, 0.5) is 0 Å². The van der Waals surface area contributed by atoms with E-state index in [0.29, 0.717) is 43.0 Å². The minimum atomic E-state index is -3.35. The predicted octanol–water partition coefficient (Wildman–Crippen LogP) is 2.37. The van der Waals surface area contributed by atoms with Crippen LogP contribution in [0.1, 0.15) is 32.1 Å². The van der Waals surface area contributed by atoms with Gasteiger partial charge in [0.15, 0.2) is 9.84 Å².